The van der Waals surface area contributed by atoms with Crippen molar-refractivity contribution in [3.63, 3.8) is 0 Å². The minimum atomic E-state index is 0.441. The van der Waals surface area contributed by atoms with Gasteiger partial charge in [0.15, 0.2) is 0 Å². The second-order valence-corrected chi connectivity index (χ2v) is 2.99. The van der Waals surface area contributed by atoms with Crippen molar-refractivity contribution in [1.82, 2.24) is 14.8 Å². The lowest BCUT2D eigenvalue weighted by Crippen LogP contribution is -2.11. The van der Waals surface area contributed by atoms with E-state index in [4.69, 9.17) is 11.6 Å². The van der Waals surface area contributed by atoms with Gasteiger partial charge in [0, 0.05) is 0 Å². The zero-order valence-electron chi connectivity index (χ0n) is 7.50. The Morgan fingerprint density at radius 3 is 2.67 bits per heavy atom. The van der Waals surface area contributed by atoms with E-state index in [1.54, 1.807) is 6.33 Å². The molecule has 0 aromatic carbocycles. The van der Waals surface area contributed by atoms with Gasteiger partial charge in [0.1, 0.15) is 12.2 Å². The molecule has 4 heteroatoms. The van der Waals surface area contributed by atoms with Gasteiger partial charge in [-0.1, -0.05) is 13.8 Å². The molecule has 1 aromatic heterocycles. The highest BCUT2D eigenvalue weighted by Gasteiger charge is 2.10. The topological polar surface area (TPSA) is 30.7 Å². The van der Waals surface area contributed by atoms with Crippen LogP contribution in [0.4, 0.5) is 0 Å². The number of halogens is 1. The van der Waals surface area contributed by atoms with E-state index in [1.165, 1.54) is 0 Å². The molecule has 0 aliphatic rings. The fourth-order valence-electron chi connectivity index (χ4n) is 1.31. The first-order valence-corrected chi connectivity index (χ1v) is 4.81. The maximum atomic E-state index is 5.71. The van der Waals surface area contributed by atoms with Crippen LogP contribution in [-0.4, -0.2) is 14.8 Å². The highest BCUT2D eigenvalue weighted by Crippen LogP contribution is 2.16. The fourth-order valence-corrected chi connectivity index (χ4v) is 1.50. The summed E-state index contributed by atoms with van der Waals surface area (Å²) >= 11 is 5.71. The van der Waals surface area contributed by atoms with Crippen LogP contribution in [0.25, 0.3) is 0 Å². The zero-order chi connectivity index (χ0) is 8.97. The first-order valence-electron chi connectivity index (χ1n) is 4.27. The molecule has 1 aromatic rings. The molecule has 0 amide bonds. The third-order valence-corrected chi connectivity index (χ3v) is 2.29. The molecule has 0 unspecified atom stereocenters. The minimum absolute atomic E-state index is 0.441. The molecular weight excluding hydrogens is 174 g/mol. The highest BCUT2D eigenvalue weighted by atomic mass is 35.5. The van der Waals surface area contributed by atoms with E-state index in [-0.39, 0.29) is 0 Å². The highest BCUT2D eigenvalue weighted by molar-refractivity contribution is 6.16. The number of hydrogen-bond acceptors (Lipinski definition) is 2. The number of hydrogen-bond donors (Lipinski definition) is 0. The SMILES string of the molecule is CCC(CC)n1ncnc1CCl. The van der Waals surface area contributed by atoms with Gasteiger partial charge in [0.2, 0.25) is 0 Å². The summed E-state index contributed by atoms with van der Waals surface area (Å²) in [4.78, 5) is 4.07. The van der Waals surface area contributed by atoms with E-state index < -0.39 is 0 Å². The summed E-state index contributed by atoms with van der Waals surface area (Å²) in [5.74, 6) is 1.31. The molecule has 3 nitrogen and oxygen atoms in total. The molecule has 0 spiro atoms. The standard InChI is InChI=1S/C8H14ClN3/c1-3-7(4-2)12-8(5-9)10-6-11-12/h6-7H,3-5H2,1-2H3. The molecule has 0 atom stereocenters. The summed E-state index contributed by atoms with van der Waals surface area (Å²) in [7, 11) is 0. The molecule has 0 fully saturated rings. The summed E-state index contributed by atoms with van der Waals surface area (Å²) in [6, 6.07) is 0.446. The van der Waals surface area contributed by atoms with Gasteiger partial charge in [-0.2, -0.15) is 5.10 Å². The third-order valence-electron chi connectivity index (χ3n) is 2.06. The molecule has 0 aliphatic heterocycles. The van der Waals surface area contributed by atoms with Gasteiger partial charge in [-0.3, -0.25) is 0 Å². The molecular formula is C8H14ClN3. The van der Waals surface area contributed by atoms with Crippen LogP contribution >= 0.6 is 11.6 Å². The lowest BCUT2D eigenvalue weighted by atomic mass is 10.2. The van der Waals surface area contributed by atoms with E-state index >= 15 is 0 Å². The quantitative estimate of drug-likeness (QED) is 0.678. The number of nitrogens with zero attached hydrogens (tertiary/aromatic N) is 3. The molecule has 0 N–H and O–H groups in total. The Morgan fingerprint density at radius 1 is 1.50 bits per heavy atom. The summed E-state index contributed by atoms with van der Waals surface area (Å²) < 4.78 is 1.92. The van der Waals surface area contributed by atoms with Crippen molar-refractivity contribution in [3.8, 4) is 0 Å². The van der Waals surface area contributed by atoms with Crippen LogP contribution in [0, 0.1) is 0 Å². The van der Waals surface area contributed by atoms with Crippen LogP contribution in [0.5, 0.6) is 0 Å². The van der Waals surface area contributed by atoms with E-state index in [9.17, 15) is 0 Å². The van der Waals surface area contributed by atoms with Crippen LogP contribution in [0.2, 0.25) is 0 Å². The van der Waals surface area contributed by atoms with E-state index in [0.29, 0.717) is 11.9 Å². The Kier molecular flexibility index (Phi) is 3.53. The predicted octanol–water partition coefficient (Wildman–Crippen LogP) is 2.38. The molecule has 0 aliphatic carbocycles. The van der Waals surface area contributed by atoms with Gasteiger partial charge in [-0.05, 0) is 12.8 Å². The third kappa shape index (κ3) is 1.78. The van der Waals surface area contributed by atoms with Crippen LogP contribution in [0.1, 0.15) is 38.6 Å². The first-order chi connectivity index (χ1) is 5.83. The van der Waals surface area contributed by atoms with Crippen LogP contribution < -0.4 is 0 Å². The smallest absolute Gasteiger partial charge is 0.142 e. The van der Waals surface area contributed by atoms with Gasteiger partial charge in [-0.15, -0.1) is 11.6 Å². The van der Waals surface area contributed by atoms with Gasteiger partial charge >= 0.3 is 0 Å². The molecule has 68 valence electrons. The van der Waals surface area contributed by atoms with Crippen molar-refractivity contribution in [2.45, 2.75) is 38.6 Å². The second-order valence-electron chi connectivity index (χ2n) is 2.72. The van der Waals surface area contributed by atoms with E-state index in [2.05, 4.69) is 23.9 Å². The van der Waals surface area contributed by atoms with Crippen molar-refractivity contribution >= 4 is 11.6 Å². The minimum Gasteiger partial charge on any atom is -0.246 e. The van der Waals surface area contributed by atoms with Crippen LogP contribution in [0.3, 0.4) is 0 Å². The van der Waals surface area contributed by atoms with Gasteiger partial charge in [0.05, 0.1) is 11.9 Å². The predicted molar refractivity (Wildman–Crippen MR) is 49.2 cm³/mol. The second kappa shape index (κ2) is 4.45. The summed E-state index contributed by atoms with van der Waals surface area (Å²) in [5, 5.41) is 4.15. The summed E-state index contributed by atoms with van der Waals surface area (Å²) in [6.07, 6.45) is 3.71. The summed E-state index contributed by atoms with van der Waals surface area (Å²) in [5.41, 5.74) is 0. The largest absolute Gasteiger partial charge is 0.246 e. The maximum absolute atomic E-state index is 5.71. The van der Waals surface area contributed by atoms with Gasteiger partial charge < -0.3 is 0 Å². The normalized spacial score (nSPS) is 11.0. The number of alkyl halides is 1. The lowest BCUT2D eigenvalue weighted by Gasteiger charge is -2.13. The molecule has 1 rings (SSSR count). The lowest BCUT2D eigenvalue weighted by molar-refractivity contribution is 0.417. The average Bonchev–Trinajstić information content (AvgIpc) is 2.55. The molecule has 1 heterocycles. The molecule has 0 radical (unpaired) electrons. The average molecular weight is 188 g/mol. The van der Waals surface area contributed by atoms with Crippen LogP contribution in [0.15, 0.2) is 6.33 Å². The Balaban J connectivity index is 2.83. The summed E-state index contributed by atoms with van der Waals surface area (Å²) in [6.45, 7) is 4.29. The van der Waals surface area contributed by atoms with E-state index in [0.717, 1.165) is 18.7 Å². The molecule has 12 heavy (non-hydrogen) atoms. The molecule has 0 bridgehead atoms. The monoisotopic (exact) mass is 187 g/mol. The molecule has 0 saturated heterocycles. The van der Waals surface area contributed by atoms with Gasteiger partial charge in [-0.25, -0.2) is 9.67 Å². The zero-order valence-corrected chi connectivity index (χ0v) is 8.25. The van der Waals surface area contributed by atoms with Crippen LogP contribution in [-0.2, 0) is 5.88 Å². The fraction of sp³-hybridized carbons (Fsp3) is 0.750. The van der Waals surface area contributed by atoms with Crippen molar-refractivity contribution in [1.29, 1.82) is 0 Å². The number of aromatic nitrogens is 3. The maximum Gasteiger partial charge on any atom is 0.142 e. The van der Waals surface area contributed by atoms with Crippen molar-refractivity contribution in [2.24, 2.45) is 0 Å². The Hall–Kier alpha value is -0.570. The Bertz CT molecular complexity index is 230. The molecule has 0 saturated carbocycles. The van der Waals surface area contributed by atoms with Crippen molar-refractivity contribution < 1.29 is 0 Å². The van der Waals surface area contributed by atoms with Crippen molar-refractivity contribution in [2.75, 3.05) is 0 Å². The Morgan fingerprint density at radius 2 is 2.17 bits per heavy atom. The first kappa shape index (κ1) is 9.52. The van der Waals surface area contributed by atoms with E-state index in [1.807, 2.05) is 4.68 Å². The van der Waals surface area contributed by atoms with Gasteiger partial charge in [0.25, 0.3) is 0 Å². The van der Waals surface area contributed by atoms with Crippen molar-refractivity contribution in [3.05, 3.63) is 12.2 Å². The number of rotatable bonds is 4. The Labute approximate surface area is 77.8 Å².